The van der Waals surface area contributed by atoms with Gasteiger partial charge in [-0.15, -0.1) is 11.6 Å². The second-order valence-corrected chi connectivity index (χ2v) is 7.64. The maximum Gasteiger partial charge on any atom is 0.333 e. The normalized spacial score (nSPS) is 10.8. The standard InChI is InChI=1S/C22H41ClO2/c1-21(2)22(24)25-20-18-16-14-12-10-8-6-4-3-5-7-9-11-13-15-17-19-23/h1,3-20H2,2H3. The molecule has 0 rings (SSSR count). The smallest absolute Gasteiger partial charge is 0.333 e. The Labute approximate surface area is 161 Å². The third-order valence-corrected chi connectivity index (χ3v) is 4.88. The van der Waals surface area contributed by atoms with E-state index in [0.717, 1.165) is 18.7 Å². The van der Waals surface area contributed by atoms with E-state index in [1.165, 1.54) is 89.9 Å². The van der Waals surface area contributed by atoms with Crippen LogP contribution in [0.4, 0.5) is 0 Å². The second-order valence-electron chi connectivity index (χ2n) is 7.26. The largest absolute Gasteiger partial charge is 0.462 e. The molecule has 0 heterocycles. The number of halogens is 1. The van der Waals surface area contributed by atoms with Gasteiger partial charge in [-0.2, -0.15) is 0 Å². The number of ether oxygens (including phenoxy) is 1. The van der Waals surface area contributed by atoms with Crippen molar-refractivity contribution >= 4 is 17.6 Å². The van der Waals surface area contributed by atoms with Gasteiger partial charge in [-0.3, -0.25) is 0 Å². The average Bonchev–Trinajstić information content (AvgIpc) is 2.60. The second kappa shape index (κ2) is 19.8. The van der Waals surface area contributed by atoms with E-state index in [4.69, 9.17) is 16.3 Å². The van der Waals surface area contributed by atoms with Crippen LogP contribution in [0.25, 0.3) is 0 Å². The van der Waals surface area contributed by atoms with Gasteiger partial charge in [0.25, 0.3) is 0 Å². The van der Waals surface area contributed by atoms with Gasteiger partial charge in [-0.25, -0.2) is 4.79 Å². The number of unbranched alkanes of at least 4 members (excludes halogenated alkanes) is 15. The van der Waals surface area contributed by atoms with Gasteiger partial charge < -0.3 is 4.74 Å². The molecule has 0 aromatic heterocycles. The highest BCUT2D eigenvalue weighted by Crippen LogP contribution is 2.13. The van der Waals surface area contributed by atoms with Crippen molar-refractivity contribution in [1.82, 2.24) is 0 Å². The van der Waals surface area contributed by atoms with Crippen molar-refractivity contribution < 1.29 is 9.53 Å². The Morgan fingerprint density at radius 3 is 1.32 bits per heavy atom. The molecule has 0 aliphatic carbocycles. The summed E-state index contributed by atoms with van der Waals surface area (Å²) in [6, 6.07) is 0. The minimum absolute atomic E-state index is 0.258. The Balaban J connectivity index is 3.05. The van der Waals surface area contributed by atoms with Crippen LogP contribution in [0.2, 0.25) is 0 Å². The summed E-state index contributed by atoms with van der Waals surface area (Å²) >= 11 is 5.67. The van der Waals surface area contributed by atoms with E-state index in [1.807, 2.05) is 0 Å². The average molecular weight is 373 g/mol. The predicted octanol–water partition coefficient (Wildman–Crippen LogP) is 7.59. The molecule has 0 saturated carbocycles. The molecule has 0 aromatic rings. The topological polar surface area (TPSA) is 26.3 Å². The number of rotatable bonds is 19. The lowest BCUT2D eigenvalue weighted by molar-refractivity contribution is -0.139. The molecule has 0 atom stereocenters. The lowest BCUT2D eigenvalue weighted by Crippen LogP contribution is -2.05. The van der Waals surface area contributed by atoms with E-state index in [1.54, 1.807) is 6.92 Å². The molecule has 0 N–H and O–H groups in total. The first kappa shape index (κ1) is 24.5. The SMILES string of the molecule is C=C(C)C(=O)OCCCCCCCCCCCCCCCCCCCl. The van der Waals surface area contributed by atoms with Crippen LogP contribution in [0.15, 0.2) is 12.2 Å². The summed E-state index contributed by atoms with van der Waals surface area (Å²) in [6.07, 6.45) is 21.1. The highest BCUT2D eigenvalue weighted by atomic mass is 35.5. The molecule has 0 radical (unpaired) electrons. The van der Waals surface area contributed by atoms with Gasteiger partial charge in [0.2, 0.25) is 0 Å². The molecule has 0 spiro atoms. The third kappa shape index (κ3) is 19.7. The lowest BCUT2D eigenvalue weighted by atomic mass is 10.0. The first-order valence-electron chi connectivity index (χ1n) is 10.6. The van der Waals surface area contributed by atoms with Gasteiger partial charge >= 0.3 is 5.97 Å². The van der Waals surface area contributed by atoms with E-state index >= 15 is 0 Å². The van der Waals surface area contributed by atoms with Crippen LogP contribution in [-0.2, 0) is 9.53 Å². The highest BCUT2D eigenvalue weighted by molar-refractivity contribution is 6.17. The van der Waals surface area contributed by atoms with Crippen LogP contribution in [0.5, 0.6) is 0 Å². The van der Waals surface area contributed by atoms with E-state index in [9.17, 15) is 4.79 Å². The highest BCUT2D eigenvalue weighted by Gasteiger charge is 2.01. The molecule has 3 heteroatoms. The maximum absolute atomic E-state index is 11.2. The number of hydrogen-bond acceptors (Lipinski definition) is 2. The van der Waals surface area contributed by atoms with Crippen LogP contribution < -0.4 is 0 Å². The molecular weight excluding hydrogens is 332 g/mol. The van der Waals surface area contributed by atoms with Crippen molar-refractivity contribution in [1.29, 1.82) is 0 Å². The number of esters is 1. The zero-order chi connectivity index (χ0) is 18.6. The summed E-state index contributed by atoms with van der Waals surface area (Å²) < 4.78 is 5.08. The number of carbonyl (C=O) groups excluding carboxylic acids is 1. The Kier molecular flexibility index (Phi) is 19.4. The monoisotopic (exact) mass is 372 g/mol. The minimum Gasteiger partial charge on any atom is -0.462 e. The fourth-order valence-electron chi connectivity index (χ4n) is 2.96. The van der Waals surface area contributed by atoms with Gasteiger partial charge in [0.15, 0.2) is 0 Å². The molecule has 2 nitrogen and oxygen atoms in total. The first-order valence-corrected chi connectivity index (χ1v) is 11.1. The predicted molar refractivity (Wildman–Crippen MR) is 110 cm³/mol. The summed E-state index contributed by atoms with van der Waals surface area (Å²) in [5.74, 6) is 0.566. The molecule has 0 aliphatic rings. The van der Waals surface area contributed by atoms with E-state index in [0.29, 0.717) is 12.2 Å². The Bertz CT molecular complexity index is 315. The lowest BCUT2D eigenvalue weighted by Gasteiger charge is -2.05. The van der Waals surface area contributed by atoms with Gasteiger partial charge in [-0.05, 0) is 19.8 Å². The van der Waals surface area contributed by atoms with Crippen molar-refractivity contribution in [2.24, 2.45) is 0 Å². The van der Waals surface area contributed by atoms with Gasteiger partial charge in [0.05, 0.1) is 6.61 Å². The van der Waals surface area contributed by atoms with Crippen molar-refractivity contribution in [2.75, 3.05) is 12.5 Å². The molecule has 0 aliphatic heterocycles. The Morgan fingerprint density at radius 2 is 1.00 bits per heavy atom. The Hall–Kier alpha value is -0.500. The quantitative estimate of drug-likeness (QED) is 0.101. The number of carbonyl (C=O) groups is 1. The molecule has 0 fully saturated rings. The molecule has 0 aromatic carbocycles. The molecule has 25 heavy (non-hydrogen) atoms. The zero-order valence-corrected chi connectivity index (χ0v) is 17.4. The van der Waals surface area contributed by atoms with Gasteiger partial charge in [0, 0.05) is 11.5 Å². The maximum atomic E-state index is 11.2. The van der Waals surface area contributed by atoms with Crippen molar-refractivity contribution in [3.63, 3.8) is 0 Å². The van der Waals surface area contributed by atoms with E-state index in [-0.39, 0.29) is 5.97 Å². The minimum atomic E-state index is -0.258. The van der Waals surface area contributed by atoms with Crippen molar-refractivity contribution in [3.8, 4) is 0 Å². The third-order valence-electron chi connectivity index (χ3n) is 4.61. The van der Waals surface area contributed by atoms with E-state index in [2.05, 4.69) is 6.58 Å². The summed E-state index contributed by atoms with van der Waals surface area (Å²) in [7, 11) is 0. The van der Waals surface area contributed by atoms with Crippen LogP contribution in [0.1, 0.15) is 110 Å². The van der Waals surface area contributed by atoms with Crippen molar-refractivity contribution in [3.05, 3.63) is 12.2 Å². The van der Waals surface area contributed by atoms with Gasteiger partial charge in [0.1, 0.15) is 0 Å². The number of alkyl halides is 1. The summed E-state index contributed by atoms with van der Waals surface area (Å²) in [5.41, 5.74) is 0.488. The van der Waals surface area contributed by atoms with Gasteiger partial charge in [-0.1, -0.05) is 96.5 Å². The zero-order valence-electron chi connectivity index (χ0n) is 16.6. The van der Waals surface area contributed by atoms with Crippen molar-refractivity contribution in [2.45, 2.75) is 110 Å². The summed E-state index contributed by atoms with van der Waals surface area (Å²) in [4.78, 5) is 11.2. The molecule has 0 amide bonds. The number of hydrogen-bond donors (Lipinski definition) is 0. The summed E-state index contributed by atoms with van der Waals surface area (Å²) in [5, 5.41) is 0. The van der Waals surface area contributed by atoms with Crippen LogP contribution >= 0.6 is 11.6 Å². The van der Waals surface area contributed by atoms with Crippen LogP contribution in [-0.4, -0.2) is 18.5 Å². The molecular formula is C22H41ClO2. The Morgan fingerprint density at radius 1 is 0.680 bits per heavy atom. The molecule has 0 bridgehead atoms. The molecule has 148 valence electrons. The molecule has 0 saturated heterocycles. The summed E-state index contributed by atoms with van der Waals surface area (Å²) in [6.45, 7) is 5.80. The fraction of sp³-hybridized carbons (Fsp3) is 0.864. The fourth-order valence-corrected chi connectivity index (χ4v) is 3.15. The van der Waals surface area contributed by atoms with Crippen LogP contribution in [0.3, 0.4) is 0 Å². The first-order chi connectivity index (χ1) is 12.2. The van der Waals surface area contributed by atoms with Crippen LogP contribution in [0, 0.1) is 0 Å². The van der Waals surface area contributed by atoms with E-state index < -0.39 is 0 Å². The molecule has 0 unspecified atom stereocenters.